The molecule has 1 aromatic rings. The largest absolute Gasteiger partial charge is 0.376 e. The predicted molar refractivity (Wildman–Crippen MR) is 77.6 cm³/mol. The van der Waals surface area contributed by atoms with E-state index in [1.165, 1.54) is 19.1 Å². The van der Waals surface area contributed by atoms with Crippen molar-refractivity contribution in [2.24, 2.45) is 5.92 Å². The van der Waals surface area contributed by atoms with E-state index in [0.717, 1.165) is 12.8 Å². The third-order valence-electron chi connectivity index (χ3n) is 4.08. The van der Waals surface area contributed by atoms with Crippen LogP contribution in [0.2, 0.25) is 0 Å². The van der Waals surface area contributed by atoms with Gasteiger partial charge >= 0.3 is 0 Å². The van der Waals surface area contributed by atoms with Crippen LogP contribution in [0.5, 0.6) is 0 Å². The van der Waals surface area contributed by atoms with Crippen molar-refractivity contribution >= 4 is 15.8 Å². The Morgan fingerprint density at radius 1 is 1.29 bits per heavy atom. The van der Waals surface area contributed by atoms with Crippen molar-refractivity contribution in [3.8, 4) is 0 Å². The van der Waals surface area contributed by atoms with Crippen LogP contribution >= 0.6 is 0 Å². The Kier molecular flexibility index (Phi) is 3.86. The lowest BCUT2D eigenvalue weighted by Crippen LogP contribution is -2.41. The number of nitrogens with one attached hydrogen (secondary N) is 1. The maximum atomic E-state index is 12.5. The van der Waals surface area contributed by atoms with Crippen LogP contribution in [-0.4, -0.2) is 33.0 Å². The fourth-order valence-electron chi connectivity index (χ4n) is 2.78. The SMILES string of the molecule is CC(=O)c1cccc(S(=O)(=O)NC2CCOC2C2CC2)c1. The predicted octanol–water partition coefficient (Wildman–Crippen LogP) is 1.74. The number of Topliss-reactive ketones (excluding diaryl/α,β-unsaturated/α-hetero) is 1. The van der Waals surface area contributed by atoms with E-state index in [2.05, 4.69) is 4.72 Å². The van der Waals surface area contributed by atoms with E-state index >= 15 is 0 Å². The lowest BCUT2D eigenvalue weighted by Gasteiger charge is -2.19. The normalized spacial score (nSPS) is 26.0. The first kappa shape index (κ1) is 14.7. The van der Waals surface area contributed by atoms with Crippen molar-refractivity contribution in [3.63, 3.8) is 0 Å². The number of benzene rings is 1. The number of hydrogen-bond acceptors (Lipinski definition) is 4. The van der Waals surface area contributed by atoms with Crippen molar-refractivity contribution in [2.45, 2.75) is 43.2 Å². The first-order valence-electron chi connectivity index (χ1n) is 7.22. The summed E-state index contributed by atoms with van der Waals surface area (Å²) in [6.07, 6.45) is 2.92. The monoisotopic (exact) mass is 309 g/mol. The standard InChI is InChI=1S/C15H19NO4S/c1-10(17)12-3-2-4-13(9-12)21(18,19)16-14-7-8-20-15(14)11-5-6-11/h2-4,9,11,14-16H,5-8H2,1H3. The molecule has 114 valence electrons. The summed E-state index contributed by atoms with van der Waals surface area (Å²) in [5.41, 5.74) is 0.402. The molecule has 2 fully saturated rings. The van der Waals surface area contributed by atoms with E-state index in [9.17, 15) is 13.2 Å². The minimum Gasteiger partial charge on any atom is -0.376 e. The average Bonchev–Trinajstić information content (AvgIpc) is 3.19. The topological polar surface area (TPSA) is 72.5 Å². The summed E-state index contributed by atoms with van der Waals surface area (Å²) in [7, 11) is -3.62. The molecule has 1 aliphatic carbocycles. The van der Waals surface area contributed by atoms with Crippen LogP contribution in [0.4, 0.5) is 0 Å². The molecule has 1 N–H and O–H groups in total. The van der Waals surface area contributed by atoms with Crippen LogP contribution in [-0.2, 0) is 14.8 Å². The summed E-state index contributed by atoms with van der Waals surface area (Å²) in [6, 6.07) is 5.98. The number of sulfonamides is 1. The summed E-state index contributed by atoms with van der Waals surface area (Å²) in [6.45, 7) is 2.02. The fourth-order valence-corrected chi connectivity index (χ4v) is 4.10. The lowest BCUT2D eigenvalue weighted by atomic mass is 10.1. The van der Waals surface area contributed by atoms with E-state index in [-0.39, 0.29) is 22.8 Å². The fraction of sp³-hybridized carbons (Fsp3) is 0.533. The van der Waals surface area contributed by atoms with Gasteiger partial charge in [-0.15, -0.1) is 0 Å². The van der Waals surface area contributed by atoms with E-state index < -0.39 is 10.0 Å². The van der Waals surface area contributed by atoms with Gasteiger partial charge in [0, 0.05) is 12.2 Å². The van der Waals surface area contributed by atoms with Gasteiger partial charge in [0.15, 0.2) is 5.78 Å². The van der Waals surface area contributed by atoms with Gasteiger partial charge < -0.3 is 4.74 Å². The highest BCUT2D eigenvalue weighted by Gasteiger charge is 2.42. The molecule has 21 heavy (non-hydrogen) atoms. The van der Waals surface area contributed by atoms with Crippen LogP contribution in [0.3, 0.4) is 0 Å². The van der Waals surface area contributed by atoms with Crippen LogP contribution in [0, 0.1) is 5.92 Å². The zero-order chi connectivity index (χ0) is 15.0. The van der Waals surface area contributed by atoms with E-state index in [1.807, 2.05) is 0 Å². The van der Waals surface area contributed by atoms with Crippen molar-refractivity contribution in [2.75, 3.05) is 6.61 Å². The molecule has 0 aromatic heterocycles. The molecule has 2 aliphatic rings. The first-order chi connectivity index (χ1) is 9.97. The molecular formula is C15H19NO4S. The van der Waals surface area contributed by atoms with Crippen LogP contribution < -0.4 is 4.72 Å². The van der Waals surface area contributed by atoms with Gasteiger partial charge in [-0.25, -0.2) is 13.1 Å². The molecule has 6 heteroatoms. The Morgan fingerprint density at radius 3 is 2.71 bits per heavy atom. The molecule has 0 bridgehead atoms. The van der Waals surface area contributed by atoms with Gasteiger partial charge in [-0.3, -0.25) is 4.79 Å². The van der Waals surface area contributed by atoms with Crippen molar-refractivity contribution < 1.29 is 17.9 Å². The number of ketones is 1. The Morgan fingerprint density at radius 2 is 2.05 bits per heavy atom. The molecule has 2 atom stereocenters. The third-order valence-corrected chi connectivity index (χ3v) is 5.57. The minimum absolute atomic E-state index is 0.00392. The lowest BCUT2D eigenvalue weighted by molar-refractivity contribution is 0.0848. The highest BCUT2D eigenvalue weighted by molar-refractivity contribution is 7.89. The molecule has 0 radical (unpaired) electrons. The molecule has 0 amide bonds. The van der Waals surface area contributed by atoms with Gasteiger partial charge in [-0.1, -0.05) is 12.1 Å². The van der Waals surface area contributed by atoms with Gasteiger partial charge in [0.1, 0.15) is 0 Å². The molecule has 0 spiro atoms. The van der Waals surface area contributed by atoms with Crippen LogP contribution in [0.15, 0.2) is 29.2 Å². The molecule has 1 saturated carbocycles. The van der Waals surface area contributed by atoms with E-state index in [4.69, 9.17) is 4.74 Å². The molecule has 1 aliphatic heterocycles. The van der Waals surface area contributed by atoms with Crippen LogP contribution in [0.1, 0.15) is 36.5 Å². The van der Waals surface area contributed by atoms with Gasteiger partial charge in [0.2, 0.25) is 10.0 Å². The number of carbonyl (C=O) groups is 1. The maximum absolute atomic E-state index is 12.5. The zero-order valence-corrected chi connectivity index (χ0v) is 12.7. The third kappa shape index (κ3) is 3.17. The molecule has 3 rings (SSSR count). The maximum Gasteiger partial charge on any atom is 0.240 e. The molecule has 1 aromatic carbocycles. The molecular weight excluding hydrogens is 290 g/mol. The van der Waals surface area contributed by atoms with Crippen molar-refractivity contribution in [3.05, 3.63) is 29.8 Å². The second-order valence-electron chi connectivity index (χ2n) is 5.77. The van der Waals surface area contributed by atoms with Crippen LogP contribution in [0.25, 0.3) is 0 Å². The Hall–Kier alpha value is -1.24. The Bertz CT molecular complexity index is 651. The van der Waals surface area contributed by atoms with Crippen molar-refractivity contribution in [1.82, 2.24) is 4.72 Å². The summed E-state index contributed by atoms with van der Waals surface area (Å²) in [5, 5.41) is 0. The second kappa shape index (κ2) is 5.51. The summed E-state index contributed by atoms with van der Waals surface area (Å²) in [5.74, 6) is 0.343. The summed E-state index contributed by atoms with van der Waals surface area (Å²) < 4.78 is 33.3. The van der Waals surface area contributed by atoms with E-state index in [0.29, 0.717) is 24.5 Å². The molecule has 5 nitrogen and oxygen atoms in total. The molecule has 1 heterocycles. The molecule has 1 saturated heterocycles. The Balaban J connectivity index is 1.80. The summed E-state index contributed by atoms with van der Waals surface area (Å²) in [4.78, 5) is 11.5. The first-order valence-corrected chi connectivity index (χ1v) is 8.70. The van der Waals surface area contributed by atoms with Gasteiger partial charge in [0.25, 0.3) is 0 Å². The van der Waals surface area contributed by atoms with Crippen molar-refractivity contribution in [1.29, 1.82) is 0 Å². The number of ether oxygens (including phenoxy) is 1. The number of rotatable bonds is 5. The highest BCUT2D eigenvalue weighted by atomic mass is 32.2. The summed E-state index contributed by atoms with van der Waals surface area (Å²) >= 11 is 0. The van der Waals surface area contributed by atoms with Gasteiger partial charge in [-0.05, 0) is 44.2 Å². The van der Waals surface area contributed by atoms with Gasteiger partial charge in [0.05, 0.1) is 17.0 Å². The number of carbonyl (C=O) groups excluding carboxylic acids is 1. The minimum atomic E-state index is -3.62. The second-order valence-corrected chi connectivity index (χ2v) is 7.49. The van der Waals surface area contributed by atoms with Gasteiger partial charge in [-0.2, -0.15) is 0 Å². The van der Waals surface area contributed by atoms with E-state index in [1.54, 1.807) is 12.1 Å². The Labute approximate surface area is 124 Å². The highest BCUT2D eigenvalue weighted by Crippen LogP contribution is 2.39. The molecule has 2 unspecified atom stereocenters. The zero-order valence-electron chi connectivity index (χ0n) is 11.9. The smallest absolute Gasteiger partial charge is 0.240 e. The average molecular weight is 309 g/mol. The quantitative estimate of drug-likeness (QED) is 0.841. The number of hydrogen-bond donors (Lipinski definition) is 1.